The standard InChI is InChI=1S/C8H6/c1-3-5-7-8-6-4-2/h1-2H,5,7H2. The minimum Gasteiger partial charge on any atom is -0.120 e. The lowest BCUT2D eigenvalue weighted by Gasteiger charge is -1.72. The van der Waals surface area contributed by atoms with Crippen LogP contribution in [-0.2, 0) is 0 Å². The molecule has 0 atom stereocenters. The third-order valence-corrected chi connectivity index (χ3v) is 0.555. The number of unbranched alkanes of at least 4 members (excludes halogenated alkanes) is 1. The lowest BCUT2D eigenvalue weighted by atomic mass is 10.3. The maximum Gasteiger partial charge on any atom is 0.0209 e. The molecule has 38 valence electrons. The summed E-state index contributed by atoms with van der Waals surface area (Å²) in [4.78, 5) is 0. The van der Waals surface area contributed by atoms with Gasteiger partial charge in [0.2, 0.25) is 0 Å². The van der Waals surface area contributed by atoms with Crippen molar-refractivity contribution < 1.29 is 0 Å². The summed E-state index contributed by atoms with van der Waals surface area (Å²) >= 11 is 0. The molecule has 0 unspecified atom stereocenters. The van der Waals surface area contributed by atoms with Crippen molar-refractivity contribution in [2.45, 2.75) is 12.8 Å². The average molecular weight is 102 g/mol. The molecule has 0 saturated heterocycles. The molecule has 0 radical (unpaired) electrons. The monoisotopic (exact) mass is 102 g/mol. The Morgan fingerprint density at radius 1 is 1.12 bits per heavy atom. The molecule has 0 aromatic heterocycles. The van der Waals surface area contributed by atoms with E-state index in [2.05, 4.69) is 23.7 Å². The number of hydrogen-bond acceptors (Lipinski definition) is 0. The normalized spacial score (nSPS) is 5.25. The molecule has 0 N–H and O–H groups in total. The molecule has 0 spiro atoms. The van der Waals surface area contributed by atoms with Crippen molar-refractivity contribution >= 4 is 0 Å². The quantitative estimate of drug-likeness (QED) is 0.343. The van der Waals surface area contributed by atoms with Crippen LogP contribution in [0.2, 0.25) is 0 Å². The zero-order valence-corrected chi connectivity index (χ0v) is 4.57. The van der Waals surface area contributed by atoms with Crippen molar-refractivity contribution in [3.63, 3.8) is 0 Å². The molecule has 0 aromatic rings. The van der Waals surface area contributed by atoms with E-state index in [1.165, 1.54) is 0 Å². The van der Waals surface area contributed by atoms with E-state index in [0.29, 0.717) is 12.8 Å². The zero-order chi connectivity index (χ0) is 6.24. The van der Waals surface area contributed by atoms with Crippen LogP contribution in [0, 0.1) is 36.5 Å². The van der Waals surface area contributed by atoms with Crippen molar-refractivity contribution in [3.8, 4) is 36.5 Å². The predicted molar refractivity (Wildman–Crippen MR) is 34.7 cm³/mol. The van der Waals surface area contributed by atoms with Gasteiger partial charge in [-0.15, -0.1) is 18.8 Å². The number of hydrogen-bond donors (Lipinski definition) is 0. The van der Waals surface area contributed by atoms with Gasteiger partial charge in [0.1, 0.15) is 0 Å². The first kappa shape index (κ1) is 6.68. The Kier molecular flexibility index (Phi) is 4.74. The lowest BCUT2D eigenvalue weighted by molar-refractivity contribution is 1.12. The topological polar surface area (TPSA) is 0 Å². The second kappa shape index (κ2) is 5.68. The first-order chi connectivity index (χ1) is 3.91. The summed E-state index contributed by atoms with van der Waals surface area (Å²) in [5.74, 6) is 9.83. The molecule has 8 heavy (non-hydrogen) atoms. The molecule has 0 bridgehead atoms. The van der Waals surface area contributed by atoms with E-state index in [1.54, 1.807) is 0 Å². The third kappa shape index (κ3) is 4.68. The Bertz CT molecular complexity index is 175. The molecular weight excluding hydrogens is 96.1 g/mol. The van der Waals surface area contributed by atoms with Crippen LogP contribution < -0.4 is 0 Å². The van der Waals surface area contributed by atoms with E-state index in [1.807, 2.05) is 0 Å². The van der Waals surface area contributed by atoms with Crippen molar-refractivity contribution in [2.24, 2.45) is 0 Å². The van der Waals surface area contributed by atoms with Gasteiger partial charge in [0.15, 0.2) is 0 Å². The highest BCUT2D eigenvalue weighted by Gasteiger charge is 1.68. The third-order valence-electron chi connectivity index (χ3n) is 0.555. The molecular formula is C8H6. The van der Waals surface area contributed by atoms with E-state index >= 15 is 0 Å². The molecule has 0 amide bonds. The fraction of sp³-hybridized carbons (Fsp3) is 0.250. The molecule has 0 aromatic carbocycles. The first-order valence-electron chi connectivity index (χ1n) is 2.28. The first-order valence-corrected chi connectivity index (χ1v) is 2.28. The van der Waals surface area contributed by atoms with E-state index in [-0.39, 0.29) is 0 Å². The summed E-state index contributed by atoms with van der Waals surface area (Å²) in [5.41, 5.74) is 0. The fourth-order valence-corrected chi connectivity index (χ4v) is 0.248. The molecule has 0 heteroatoms. The van der Waals surface area contributed by atoms with Crippen LogP contribution in [0.15, 0.2) is 0 Å². The Hall–Kier alpha value is -1.32. The largest absolute Gasteiger partial charge is 0.120 e. The minimum atomic E-state index is 0.689. The lowest BCUT2D eigenvalue weighted by Crippen LogP contribution is -1.61. The van der Waals surface area contributed by atoms with Crippen LogP contribution in [0.5, 0.6) is 0 Å². The van der Waals surface area contributed by atoms with Gasteiger partial charge in [0.25, 0.3) is 0 Å². The molecule has 0 aliphatic rings. The van der Waals surface area contributed by atoms with E-state index in [9.17, 15) is 0 Å². The second-order valence-electron chi connectivity index (χ2n) is 1.15. The van der Waals surface area contributed by atoms with Gasteiger partial charge in [0.05, 0.1) is 0 Å². The highest BCUT2D eigenvalue weighted by Crippen LogP contribution is 1.79. The maximum absolute atomic E-state index is 4.94. The van der Waals surface area contributed by atoms with Crippen LogP contribution in [0.1, 0.15) is 12.8 Å². The van der Waals surface area contributed by atoms with Crippen molar-refractivity contribution in [1.82, 2.24) is 0 Å². The Labute approximate surface area is 50.3 Å². The van der Waals surface area contributed by atoms with Crippen LogP contribution in [0.4, 0.5) is 0 Å². The van der Waals surface area contributed by atoms with Gasteiger partial charge in [-0.05, 0) is 11.8 Å². The molecule has 0 aliphatic carbocycles. The Balaban J connectivity index is 3.23. The van der Waals surface area contributed by atoms with Crippen LogP contribution in [-0.4, -0.2) is 0 Å². The van der Waals surface area contributed by atoms with Gasteiger partial charge in [0, 0.05) is 12.8 Å². The summed E-state index contributed by atoms with van der Waals surface area (Å²) in [6.07, 6.45) is 11.2. The predicted octanol–water partition coefficient (Wildman–Crippen LogP) is 1.04. The van der Waals surface area contributed by atoms with Crippen molar-refractivity contribution in [2.75, 3.05) is 0 Å². The smallest absolute Gasteiger partial charge is 0.0209 e. The summed E-state index contributed by atoms with van der Waals surface area (Å²) < 4.78 is 0. The van der Waals surface area contributed by atoms with Gasteiger partial charge in [-0.1, -0.05) is 5.92 Å². The SMILES string of the molecule is C#CC#CCCC#C. The number of terminal acetylenes is 2. The molecule has 0 aliphatic heterocycles. The fourth-order valence-electron chi connectivity index (χ4n) is 0.248. The molecule has 0 heterocycles. The maximum atomic E-state index is 4.94. The van der Waals surface area contributed by atoms with E-state index in [0.717, 1.165) is 0 Å². The van der Waals surface area contributed by atoms with Gasteiger partial charge in [-0.25, -0.2) is 0 Å². The molecule has 0 rings (SSSR count). The second-order valence-corrected chi connectivity index (χ2v) is 1.15. The van der Waals surface area contributed by atoms with Crippen LogP contribution in [0.3, 0.4) is 0 Å². The van der Waals surface area contributed by atoms with Gasteiger partial charge < -0.3 is 0 Å². The Morgan fingerprint density at radius 3 is 2.38 bits per heavy atom. The Morgan fingerprint density at radius 2 is 1.88 bits per heavy atom. The van der Waals surface area contributed by atoms with E-state index in [4.69, 9.17) is 12.8 Å². The van der Waals surface area contributed by atoms with Gasteiger partial charge >= 0.3 is 0 Å². The van der Waals surface area contributed by atoms with Crippen LogP contribution in [0.25, 0.3) is 0 Å². The molecule has 0 fully saturated rings. The highest BCUT2D eigenvalue weighted by molar-refractivity contribution is 5.21. The molecule has 0 saturated carbocycles. The summed E-state index contributed by atoms with van der Waals surface area (Å²) in [7, 11) is 0. The highest BCUT2D eigenvalue weighted by atomic mass is 13.7. The van der Waals surface area contributed by atoms with Crippen molar-refractivity contribution in [3.05, 3.63) is 0 Å². The van der Waals surface area contributed by atoms with E-state index < -0.39 is 0 Å². The average Bonchev–Trinajstić information content (AvgIpc) is 1.81. The summed E-state index contributed by atoms with van der Waals surface area (Å²) in [5, 5.41) is 0. The van der Waals surface area contributed by atoms with Crippen molar-refractivity contribution in [1.29, 1.82) is 0 Å². The van der Waals surface area contributed by atoms with Gasteiger partial charge in [-0.2, -0.15) is 0 Å². The van der Waals surface area contributed by atoms with Crippen LogP contribution >= 0.6 is 0 Å². The summed E-state index contributed by atoms with van der Waals surface area (Å²) in [6, 6.07) is 0. The zero-order valence-electron chi connectivity index (χ0n) is 4.57. The summed E-state index contributed by atoms with van der Waals surface area (Å²) in [6.45, 7) is 0. The number of rotatable bonds is 1. The minimum absolute atomic E-state index is 0.689. The van der Waals surface area contributed by atoms with Gasteiger partial charge in [-0.3, -0.25) is 0 Å². The molecule has 0 nitrogen and oxygen atoms in total.